The van der Waals surface area contributed by atoms with Crippen molar-refractivity contribution in [3.63, 3.8) is 0 Å². The SMILES string of the molecule is CN(Cc1ccc(CN)cc1)Cc1ccc(N(C)C)cc1. The minimum absolute atomic E-state index is 0.605. The van der Waals surface area contributed by atoms with E-state index in [1.807, 2.05) is 0 Å². The average Bonchev–Trinajstić information content (AvgIpc) is 2.48. The molecule has 0 unspecified atom stereocenters. The number of rotatable bonds is 6. The molecule has 2 aromatic carbocycles. The lowest BCUT2D eigenvalue weighted by Gasteiger charge is -2.18. The molecule has 0 heterocycles. The quantitative estimate of drug-likeness (QED) is 0.885. The minimum atomic E-state index is 0.605. The molecule has 0 spiro atoms. The van der Waals surface area contributed by atoms with E-state index in [0.29, 0.717) is 6.54 Å². The van der Waals surface area contributed by atoms with Crippen molar-refractivity contribution in [2.24, 2.45) is 5.73 Å². The minimum Gasteiger partial charge on any atom is -0.378 e. The van der Waals surface area contributed by atoms with Gasteiger partial charge in [0, 0.05) is 39.4 Å². The van der Waals surface area contributed by atoms with E-state index in [4.69, 9.17) is 5.73 Å². The van der Waals surface area contributed by atoms with Gasteiger partial charge in [0.05, 0.1) is 0 Å². The molecule has 0 aromatic heterocycles. The maximum atomic E-state index is 5.62. The third-order valence-electron chi connectivity index (χ3n) is 3.62. The second kappa shape index (κ2) is 7.25. The monoisotopic (exact) mass is 283 g/mol. The zero-order valence-electron chi connectivity index (χ0n) is 13.2. The van der Waals surface area contributed by atoms with Gasteiger partial charge in [0.2, 0.25) is 0 Å². The Balaban J connectivity index is 1.92. The molecular weight excluding hydrogens is 258 g/mol. The lowest BCUT2D eigenvalue weighted by molar-refractivity contribution is 0.319. The van der Waals surface area contributed by atoms with E-state index in [0.717, 1.165) is 13.1 Å². The van der Waals surface area contributed by atoms with Crippen molar-refractivity contribution >= 4 is 5.69 Å². The summed E-state index contributed by atoms with van der Waals surface area (Å²) in [6.45, 7) is 2.50. The summed E-state index contributed by atoms with van der Waals surface area (Å²) in [7, 11) is 6.27. The molecule has 2 aromatic rings. The van der Waals surface area contributed by atoms with E-state index in [-0.39, 0.29) is 0 Å². The molecule has 0 aliphatic rings. The largest absolute Gasteiger partial charge is 0.378 e. The lowest BCUT2D eigenvalue weighted by atomic mass is 10.1. The summed E-state index contributed by atoms with van der Waals surface area (Å²) in [4.78, 5) is 4.44. The van der Waals surface area contributed by atoms with Gasteiger partial charge in [-0.05, 0) is 35.9 Å². The predicted molar refractivity (Wildman–Crippen MR) is 90.3 cm³/mol. The molecule has 0 saturated heterocycles. The molecule has 0 saturated carbocycles. The molecule has 0 radical (unpaired) electrons. The summed E-state index contributed by atoms with van der Waals surface area (Å²) in [6.07, 6.45) is 0. The van der Waals surface area contributed by atoms with Crippen LogP contribution >= 0.6 is 0 Å². The van der Waals surface area contributed by atoms with Crippen molar-refractivity contribution in [1.82, 2.24) is 4.90 Å². The van der Waals surface area contributed by atoms with E-state index in [1.54, 1.807) is 0 Å². The number of nitrogens with zero attached hydrogens (tertiary/aromatic N) is 2. The highest BCUT2D eigenvalue weighted by Crippen LogP contribution is 2.14. The molecule has 3 heteroatoms. The molecule has 0 bridgehead atoms. The highest BCUT2D eigenvalue weighted by molar-refractivity contribution is 5.45. The van der Waals surface area contributed by atoms with Crippen molar-refractivity contribution in [2.75, 3.05) is 26.0 Å². The van der Waals surface area contributed by atoms with E-state index < -0.39 is 0 Å². The van der Waals surface area contributed by atoms with Gasteiger partial charge in [-0.25, -0.2) is 0 Å². The van der Waals surface area contributed by atoms with Crippen LogP contribution in [-0.2, 0) is 19.6 Å². The zero-order valence-corrected chi connectivity index (χ0v) is 13.2. The second-order valence-electron chi connectivity index (χ2n) is 5.75. The van der Waals surface area contributed by atoms with Crippen LogP contribution in [-0.4, -0.2) is 26.0 Å². The third-order valence-corrected chi connectivity index (χ3v) is 3.62. The Labute approximate surface area is 128 Å². The van der Waals surface area contributed by atoms with Crippen molar-refractivity contribution in [3.05, 3.63) is 65.2 Å². The summed E-state index contributed by atoms with van der Waals surface area (Å²) in [5.74, 6) is 0. The Bertz CT molecular complexity index is 544. The molecule has 0 fully saturated rings. The molecule has 2 N–H and O–H groups in total. The van der Waals surface area contributed by atoms with Gasteiger partial charge in [-0.3, -0.25) is 4.90 Å². The highest BCUT2D eigenvalue weighted by atomic mass is 15.1. The van der Waals surface area contributed by atoms with Gasteiger partial charge in [0.25, 0.3) is 0 Å². The van der Waals surface area contributed by atoms with Crippen molar-refractivity contribution < 1.29 is 0 Å². The average molecular weight is 283 g/mol. The summed E-state index contributed by atoms with van der Waals surface area (Å²) >= 11 is 0. The van der Waals surface area contributed by atoms with Crippen molar-refractivity contribution in [3.8, 4) is 0 Å². The predicted octanol–water partition coefficient (Wildman–Crippen LogP) is 2.84. The van der Waals surface area contributed by atoms with E-state index in [2.05, 4.69) is 79.5 Å². The Morgan fingerprint density at radius 2 is 1.14 bits per heavy atom. The lowest BCUT2D eigenvalue weighted by Crippen LogP contribution is -2.17. The van der Waals surface area contributed by atoms with E-state index in [1.165, 1.54) is 22.4 Å². The van der Waals surface area contributed by atoms with E-state index in [9.17, 15) is 0 Å². The maximum Gasteiger partial charge on any atom is 0.0361 e. The number of anilines is 1. The van der Waals surface area contributed by atoms with Crippen molar-refractivity contribution in [1.29, 1.82) is 0 Å². The fourth-order valence-corrected chi connectivity index (χ4v) is 2.36. The summed E-state index contributed by atoms with van der Waals surface area (Å²) < 4.78 is 0. The van der Waals surface area contributed by atoms with Crippen LogP contribution in [0.5, 0.6) is 0 Å². The topological polar surface area (TPSA) is 32.5 Å². The maximum absolute atomic E-state index is 5.62. The standard InChI is InChI=1S/C18H25N3/c1-20(2)18-10-8-17(9-11-18)14-21(3)13-16-6-4-15(12-19)5-7-16/h4-11H,12-14,19H2,1-3H3. The summed E-state index contributed by atoms with van der Waals surface area (Å²) in [6, 6.07) is 17.3. The van der Waals surface area contributed by atoms with Crippen LogP contribution in [0.1, 0.15) is 16.7 Å². The van der Waals surface area contributed by atoms with Crippen LogP contribution in [0, 0.1) is 0 Å². The molecule has 2 rings (SSSR count). The first kappa shape index (κ1) is 15.5. The molecule has 0 atom stereocenters. The van der Waals surface area contributed by atoms with Crippen molar-refractivity contribution in [2.45, 2.75) is 19.6 Å². The van der Waals surface area contributed by atoms with Gasteiger partial charge < -0.3 is 10.6 Å². The highest BCUT2D eigenvalue weighted by Gasteiger charge is 2.03. The Morgan fingerprint density at radius 1 is 0.714 bits per heavy atom. The molecule has 0 aliphatic heterocycles. The van der Waals surface area contributed by atoms with Gasteiger partial charge in [0.1, 0.15) is 0 Å². The number of hydrogen-bond donors (Lipinski definition) is 1. The van der Waals surface area contributed by atoms with Crippen LogP contribution in [0.4, 0.5) is 5.69 Å². The first-order valence-corrected chi connectivity index (χ1v) is 7.31. The molecule has 0 amide bonds. The van der Waals surface area contributed by atoms with Gasteiger partial charge >= 0.3 is 0 Å². The Hall–Kier alpha value is -1.84. The van der Waals surface area contributed by atoms with Gasteiger partial charge in [0.15, 0.2) is 0 Å². The normalized spacial score (nSPS) is 10.9. The van der Waals surface area contributed by atoms with Gasteiger partial charge in [-0.15, -0.1) is 0 Å². The van der Waals surface area contributed by atoms with E-state index >= 15 is 0 Å². The van der Waals surface area contributed by atoms with Crippen LogP contribution in [0.3, 0.4) is 0 Å². The number of hydrogen-bond acceptors (Lipinski definition) is 3. The fraction of sp³-hybridized carbons (Fsp3) is 0.333. The summed E-state index contributed by atoms with van der Waals surface area (Å²) in [5, 5.41) is 0. The van der Waals surface area contributed by atoms with Crippen LogP contribution in [0.15, 0.2) is 48.5 Å². The number of benzene rings is 2. The zero-order chi connectivity index (χ0) is 15.2. The molecular formula is C18H25N3. The molecule has 21 heavy (non-hydrogen) atoms. The smallest absolute Gasteiger partial charge is 0.0361 e. The van der Waals surface area contributed by atoms with Crippen LogP contribution in [0.2, 0.25) is 0 Å². The van der Waals surface area contributed by atoms with Gasteiger partial charge in [-0.1, -0.05) is 36.4 Å². The first-order chi connectivity index (χ1) is 10.1. The first-order valence-electron chi connectivity index (χ1n) is 7.31. The van der Waals surface area contributed by atoms with Crippen LogP contribution < -0.4 is 10.6 Å². The Kier molecular flexibility index (Phi) is 5.37. The van der Waals surface area contributed by atoms with Crippen LogP contribution in [0.25, 0.3) is 0 Å². The molecule has 0 aliphatic carbocycles. The number of nitrogens with two attached hydrogens (primary N) is 1. The second-order valence-corrected chi connectivity index (χ2v) is 5.75. The van der Waals surface area contributed by atoms with Gasteiger partial charge in [-0.2, -0.15) is 0 Å². The third kappa shape index (κ3) is 4.59. The Morgan fingerprint density at radius 3 is 1.57 bits per heavy atom. The molecule has 3 nitrogen and oxygen atoms in total. The fourth-order valence-electron chi connectivity index (χ4n) is 2.36. The summed E-state index contributed by atoms with van der Waals surface area (Å²) in [5.41, 5.74) is 10.7. The molecule has 112 valence electrons.